The molecule has 0 aliphatic carbocycles. The number of hydrogen-bond donors (Lipinski definition) is 2. The lowest BCUT2D eigenvalue weighted by atomic mass is 9.97. The van der Waals surface area contributed by atoms with Gasteiger partial charge in [-0.1, -0.05) is 0 Å². The van der Waals surface area contributed by atoms with Crippen LogP contribution in [0.4, 0.5) is 0 Å². The minimum absolute atomic E-state index is 0.113. The Hall–Kier alpha value is -1.53. The Balaban J connectivity index is 1.52. The van der Waals surface area contributed by atoms with Gasteiger partial charge in [0.15, 0.2) is 5.58 Å². The summed E-state index contributed by atoms with van der Waals surface area (Å²) >= 11 is 4.32. The third kappa shape index (κ3) is 2.42. The second kappa shape index (κ2) is 5.03. The minimum atomic E-state index is -0.113. The molecule has 2 aromatic rings. The van der Waals surface area contributed by atoms with Crippen LogP contribution in [0.25, 0.3) is 11.0 Å². The number of aromatic nitrogens is 1. The number of nitrogens with one attached hydrogen (secondary N) is 1. The molecule has 2 bridgehead atoms. The van der Waals surface area contributed by atoms with Crippen LogP contribution in [-0.2, 0) is 0 Å². The SMILES string of the molecule is O=C(NC1CC2CCN(C2)C1)c1cc2c(S)coc2cn1. The van der Waals surface area contributed by atoms with E-state index in [2.05, 4.69) is 27.8 Å². The first-order chi connectivity index (χ1) is 10.2. The molecule has 21 heavy (non-hydrogen) atoms. The molecule has 2 aliphatic heterocycles. The summed E-state index contributed by atoms with van der Waals surface area (Å²) in [4.78, 5) is 19.7. The van der Waals surface area contributed by atoms with Gasteiger partial charge in [0, 0.05) is 24.5 Å². The van der Waals surface area contributed by atoms with Gasteiger partial charge in [-0.05, 0) is 31.4 Å². The second-order valence-electron chi connectivity index (χ2n) is 6.01. The number of pyridine rings is 1. The van der Waals surface area contributed by atoms with E-state index >= 15 is 0 Å². The number of furan rings is 1. The monoisotopic (exact) mass is 303 g/mol. The smallest absolute Gasteiger partial charge is 0.270 e. The molecule has 0 saturated carbocycles. The summed E-state index contributed by atoms with van der Waals surface area (Å²) in [6.07, 6.45) is 5.48. The fourth-order valence-corrected chi connectivity index (χ4v) is 3.69. The van der Waals surface area contributed by atoms with Crippen LogP contribution in [0.2, 0.25) is 0 Å². The first-order valence-electron chi connectivity index (χ1n) is 7.28. The molecule has 0 spiro atoms. The number of carbonyl (C=O) groups excluding carboxylic acids is 1. The van der Waals surface area contributed by atoms with E-state index in [0.29, 0.717) is 11.3 Å². The zero-order chi connectivity index (χ0) is 14.4. The van der Waals surface area contributed by atoms with Gasteiger partial charge in [0.1, 0.15) is 12.0 Å². The third-order valence-electron chi connectivity index (χ3n) is 4.48. The average Bonchev–Trinajstić information content (AvgIpc) is 3.02. The highest BCUT2D eigenvalue weighted by molar-refractivity contribution is 7.80. The zero-order valence-electron chi connectivity index (χ0n) is 11.6. The number of hydrogen-bond acceptors (Lipinski definition) is 5. The van der Waals surface area contributed by atoms with Gasteiger partial charge >= 0.3 is 0 Å². The molecule has 1 N–H and O–H groups in total. The van der Waals surface area contributed by atoms with E-state index < -0.39 is 0 Å². The van der Waals surface area contributed by atoms with Crippen LogP contribution in [-0.4, -0.2) is 41.5 Å². The quantitative estimate of drug-likeness (QED) is 0.833. The maximum Gasteiger partial charge on any atom is 0.270 e. The lowest BCUT2D eigenvalue weighted by molar-refractivity contribution is 0.0904. The lowest BCUT2D eigenvalue weighted by Crippen LogP contribution is -2.47. The number of fused-ring (bicyclic) bond motifs is 3. The lowest BCUT2D eigenvalue weighted by Gasteiger charge is -2.30. The average molecular weight is 303 g/mol. The van der Waals surface area contributed by atoms with Gasteiger partial charge in [0.05, 0.1) is 11.1 Å². The predicted molar refractivity (Wildman–Crippen MR) is 81.7 cm³/mol. The third-order valence-corrected chi connectivity index (χ3v) is 4.82. The van der Waals surface area contributed by atoms with E-state index in [1.54, 1.807) is 18.5 Å². The molecular weight excluding hydrogens is 286 g/mol. The molecule has 2 saturated heterocycles. The molecule has 6 heteroatoms. The zero-order valence-corrected chi connectivity index (χ0v) is 12.5. The summed E-state index contributed by atoms with van der Waals surface area (Å²) in [5.41, 5.74) is 1.07. The van der Waals surface area contributed by atoms with Crippen molar-refractivity contribution in [3.63, 3.8) is 0 Å². The molecule has 2 fully saturated rings. The molecule has 0 aromatic carbocycles. The van der Waals surface area contributed by atoms with Crippen molar-refractivity contribution in [1.29, 1.82) is 0 Å². The van der Waals surface area contributed by atoms with Crippen LogP contribution in [0.15, 0.2) is 27.8 Å². The highest BCUT2D eigenvalue weighted by atomic mass is 32.1. The van der Waals surface area contributed by atoms with Crippen LogP contribution >= 0.6 is 12.6 Å². The number of nitrogens with zero attached hydrogens (tertiary/aromatic N) is 2. The minimum Gasteiger partial charge on any atom is -0.462 e. The number of amides is 1. The van der Waals surface area contributed by atoms with E-state index in [1.807, 2.05) is 0 Å². The highest BCUT2D eigenvalue weighted by Crippen LogP contribution is 2.27. The van der Waals surface area contributed by atoms with Crippen molar-refractivity contribution in [1.82, 2.24) is 15.2 Å². The first kappa shape index (κ1) is 13.2. The van der Waals surface area contributed by atoms with E-state index in [4.69, 9.17) is 4.42 Å². The molecule has 3 unspecified atom stereocenters. The molecule has 4 heterocycles. The van der Waals surface area contributed by atoms with Crippen molar-refractivity contribution in [2.75, 3.05) is 19.6 Å². The largest absolute Gasteiger partial charge is 0.462 e. The van der Waals surface area contributed by atoms with Crippen LogP contribution in [0.1, 0.15) is 23.3 Å². The van der Waals surface area contributed by atoms with Crippen LogP contribution in [0.5, 0.6) is 0 Å². The van der Waals surface area contributed by atoms with Gasteiger partial charge in [-0.25, -0.2) is 4.98 Å². The van der Waals surface area contributed by atoms with Gasteiger partial charge in [0.2, 0.25) is 0 Å². The van der Waals surface area contributed by atoms with Crippen LogP contribution in [0, 0.1) is 5.92 Å². The number of rotatable bonds is 2. The Bertz CT molecular complexity index is 687. The molecule has 4 rings (SSSR count). The van der Waals surface area contributed by atoms with Gasteiger partial charge < -0.3 is 14.6 Å². The maximum absolute atomic E-state index is 12.4. The van der Waals surface area contributed by atoms with Crippen molar-refractivity contribution >= 4 is 29.5 Å². The normalized spacial score (nSPS) is 28.0. The highest BCUT2D eigenvalue weighted by Gasteiger charge is 2.33. The molecular formula is C15H17N3O2S. The maximum atomic E-state index is 12.4. The Kier molecular flexibility index (Phi) is 3.15. The fraction of sp³-hybridized carbons (Fsp3) is 0.467. The summed E-state index contributed by atoms with van der Waals surface area (Å²) < 4.78 is 5.29. The van der Waals surface area contributed by atoms with Crippen molar-refractivity contribution in [3.8, 4) is 0 Å². The Morgan fingerprint density at radius 3 is 3.24 bits per heavy atom. The van der Waals surface area contributed by atoms with Crippen molar-refractivity contribution in [2.24, 2.45) is 5.92 Å². The fourth-order valence-electron chi connectivity index (χ4n) is 3.47. The first-order valence-corrected chi connectivity index (χ1v) is 7.73. The number of piperidine rings is 1. The van der Waals surface area contributed by atoms with Crippen molar-refractivity contribution in [2.45, 2.75) is 23.8 Å². The van der Waals surface area contributed by atoms with Crippen LogP contribution in [0.3, 0.4) is 0 Å². The molecule has 110 valence electrons. The van der Waals surface area contributed by atoms with Gasteiger partial charge in [0.25, 0.3) is 5.91 Å². The van der Waals surface area contributed by atoms with E-state index in [-0.39, 0.29) is 11.9 Å². The van der Waals surface area contributed by atoms with Crippen molar-refractivity contribution < 1.29 is 9.21 Å². The van der Waals surface area contributed by atoms with Gasteiger partial charge in [-0.3, -0.25) is 4.79 Å². The van der Waals surface area contributed by atoms with E-state index in [0.717, 1.165) is 29.2 Å². The Morgan fingerprint density at radius 1 is 1.48 bits per heavy atom. The van der Waals surface area contributed by atoms with Crippen LogP contribution < -0.4 is 5.32 Å². The summed E-state index contributed by atoms with van der Waals surface area (Å²) in [5, 5.41) is 3.94. The summed E-state index contributed by atoms with van der Waals surface area (Å²) in [5.74, 6) is 0.621. The molecule has 3 atom stereocenters. The Labute approximate surface area is 128 Å². The molecule has 2 aliphatic rings. The molecule has 1 amide bonds. The number of carbonyl (C=O) groups is 1. The second-order valence-corrected chi connectivity index (χ2v) is 6.49. The van der Waals surface area contributed by atoms with Crippen molar-refractivity contribution in [3.05, 3.63) is 24.2 Å². The van der Waals surface area contributed by atoms with Gasteiger partial charge in [-0.15, -0.1) is 12.6 Å². The summed E-state index contributed by atoms with van der Waals surface area (Å²) in [6, 6.07) is 1.98. The molecule has 0 radical (unpaired) electrons. The summed E-state index contributed by atoms with van der Waals surface area (Å²) in [7, 11) is 0. The van der Waals surface area contributed by atoms with Gasteiger partial charge in [-0.2, -0.15) is 0 Å². The predicted octanol–water partition coefficient (Wildman–Crippen LogP) is 1.94. The molecule has 5 nitrogen and oxygen atoms in total. The Morgan fingerprint density at radius 2 is 2.38 bits per heavy atom. The standard InChI is InChI=1S/C15H17N3O2S/c19-15(17-10-3-9-1-2-18(6-9)7-10)12-4-11-13(5-16-12)20-8-14(11)21/h4-5,8-10,21H,1-3,6-7H2,(H,17,19). The topological polar surface area (TPSA) is 58.4 Å². The number of thiol groups is 1. The van der Waals surface area contributed by atoms with E-state index in [9.17, 15) is 4.79 Å². The van der Waals surface area contributed by atoms with E-state index in [1.165, 1.54) is 19.5 Å². The molecule has 2 aromatic heterocycles. The summed E-state index contributed by atoms with van der Waals surface area (Å²) in [6.45, 7) is 3.31.